The Morgan fingerprint density at radius 2 is 2.10 bits per heavy atom. The average Bonchev–Trinajstić information content (AvgIpc) is 2.68. The molecule has 0 spiro atoms. The molecule has 0 aromatic heterocycles. The van der Waals surface area contributed by atoms with Crippen LogP contribution in [0.2, 0.25) is 0 Å². The molecule has 164 valence electrons. The first-order valence-corrected chi connectivity index (χ1v) is 12.2. The zero-order valence-electron chi connectivity index (χ0n) is 18.1. The monoisotopic (exact) mass is 425 g/mol. The molecule has 0 aliphatic carbocycles. The van der Waals surface area contributed by atoms with E-state index >= 15 is 0 Å². The lowest BCUT2D eigenvalue weighted by Gasteiger charge is -2.35. The number of benzene rings is 1. The van der Waals surface area contributed by atoms with Crippen molar-refractivity contribution in [1.82, 2.24) is 10.2 Å². The predicted molar refractivity (Wildman–Crippen MR) is 117 cm³/mol. The summed E-state index contributed by atoms with van der Waals surface area (Å²) in [6, 6.07) is 5.92. The summed E-state index contributed by atoms with van der Waals surface area (Å²) in [4.78, 5) is 15.0. The normalized spacial score (nSPS) is 17.7. The van der Waals surface area contributed by atoms with Gasteiger partial charge in [-0.15, -0.1) is 0 Å². The second kappa shape index (κ2) is 10.8. The standard InChI is InChI=1S/C21H35N3O4S/c1-5-18-9-6-7-13-23(18)14-8-12-22-21(25)16-24(29(4,26)27)19-15-17(2)10-11-20(19)28-3/h10-11,15,18H,5-9,12-14,16H2,1-4H3,(H,22,25). The lowest BCUT2D eigenvalue weighted by Crippen LogP contribution is -2.42. The summed E-state index contributed by atoms with van der Waals surface area (Å²) in [6.07, 6.45) is 6.91. The van der Waals surface area contributed by atoms with Gasteiger partial charge in [-0.3, -0.25) is 9.10 Å². The smallest absolute Gasteiger partial charge is 0.240 e. The number of rotatable bonds is 10. The summed E-state index contributed by atoms with van der Waals surface area (Å²) in [7, 11) is -2.15. The Morgan fingerprint density at radius 3 is 2.76 bits per heavy atom. The van der Waals surface area contributed by atoms with Crippen molar-refractivity contribution in [2.75, 3.05) is 43.8 Å². The number of hydrogen-bond acceptors (Lipinski definition) is 5. The highest BCUT2D eigenvalue weighted by Crippen LogP contribution is 2.30. The number of sulfonamides is 1. The molecule has 1 aromatic carbocycles. The Bertz CT molecular complexity index is 782. The van der Waals surface area contributed by atoms with E-state index in [0.717, 1.165) is 42.1 Å². The third kappa shape index (κ3) is 6.89. The number of carbonyl (C=O) groups excluding carboxylic acids is 1. The fourth-order valence-corrected chi connectivity index (χ4v) is 4.74. The van der Waals surface area contributed by atoms with Crippen LogP contribution in [0.25, 0.3) is 0 Å². The second-order valence-corrected chi connectivity index (χ2v) is 9.65. The van der Waals surface area contributed by atoms with Crippen molar-refractivity contribution >= 4 is 21.6 Å². The molecule has 1 unspecified atom stereocenters. The molecule has 1 fully saturated rings. The molecule has 8 heteroatoms. The van der Waals surface area contributed by atoms with Crippen LogP contribution < -0.4 is 14.4 Å². The summed E-state index contributed by atoms with van der Waals surface area (Å²) in [5, 5.41) is 2.87. The highest BCUT2D eigenvalue weighted by Gasteiger charge is 2.24. The van der Waals surface area contributed by atoms with Crippen LogP contribution in [0.3, 0.4) is 0 Å². The van der Waals surface area contributed by atoms with E-state index < -0.39 is 10.0 Å². The molecule has 1 aromatic rings. The summed E-state index contributed by atoms with van der Waals surface area (Å²) in [5.41, 5.74) is 1.27. The number of anilines is 1. The molecule has 1 saturated heterocycles. The number of carbonyl (C=O) groups is 1. The van der Waals surface area contributed by atoms with Gasteiger partial charge in [0.05, 0.1) is 19.1 Å². The van der Waals surface area contributed by atoms with Gasteiger partial charge in [0.25, 0.3) is 0 Å². The third-order valence-corrected chi connectivity index (χ3v) is 6.58. The average molecular weight is 426 g/mol. The van der Waals surface area contributed by atoms with E-state index in [1.54, 1.807) is 12.1 Å². The minimum absolute atomic E-state index is 0.264. The van der Waals surface area contributed by atoms with Crippen LogP contribution in [0.4, 0.5) is 5.69 Å². The van der Waals surface area contributed by atoms with Gasteiger partial charge in [0.2, 0.25) is 15.9 Å². The van der Waals surface area contributed by atoms with E-state index in [4.69, 9.17) is 4.74 Å². The zero-order valence-corrected chi connectivity index (χ0v) is 18.9. The van der Waals surface area contributed by atoms with Crippen molar-refractivity contribution in [3.8, 4) is 5.75 Å². The van der Waals surface area contributed by atoms with Gasteiger partial charge in [0.15, 0.2) is 0 Å². The number of piperidine rings is 1. The molecule has 0 bridgehead atoms. The fraction of sp³-hybridized carbons (Fsp3) is 0.667. The molecular weight excluding hydrogens is 390 g/mol. The molecule has 2 rings (SSSR count). The summed E-state index contributed by atoms with van der Waals surface area (Å²) in [6.45, 7) is 6.45. The van der Waals surface area contributed by atoms with Gasteiger partial charge < -0.3 is 15.0 Å². The number of nitrogens with one attached hydrogen (secondary N) is 1. The molecule has 1 atom stereocenters. The maximum absolute atomic E-state index is 12.5. The highest BCUT2D eigenvalue weighted by atomic mass is 32.2. The third-order valence-electron chi connectivity index (χ3n) is 5.46. The lowest BCUT2D eigenvalue weighted by molar-refractivity contribution is -0.119. The Balaban J connectivity index is 1.93. The van der Waals surface area contributed by atoms with Crippen LogP contribution in [0.5, 0.6) is 5.75 Å². The number of aryl methyl sites for hydroxylation is 1. The molecule has 1 N–H and O–H groups in total. The molecule has 1 heterocycles. The van der Waals surface area contributed by atoms with Gasteiger partial charge >= 0.3 is 0 Å². The molecule has 1 aliphatic heterocycles. The quantitative estimate of drug-likeness (QED) is 0.583. The molecule has 1 amide bonds. The Kier molecular flexibility index (Phi) is 8.77. The minimum atomic E-state index is -3.64. The first-order chi connectivity index (χ1) is 13.8. The van der Waals surface area contributed by atoms with Gasteiger partial charge in [0.1, 0.15) is 12.3 Å². The maximum Gasteiger partial charge on any atom is 0.240 e. The topological polar surface area (TPSA) is 79.0 Å². The van der Waals surface area contributed by atoms with E-state index in [-0.39, 0.29) is 12.5 Å². The Morgan fingerprint density at radius 1 is 1.34 bits per heavy atom. The van der Waals surface area contributed by atoms with Crippen molar-refractivity contribution in [1.29, 1.82) is 0 Å². The van der Waals surface area contributed by atoms with E-state index in [2.05, 4.69) is 17.1 Å². The van der Waals surface area contributed by atoms with Crippen LogP contribution in [0.1, 0.15) is 44.6 Å². The van der Waals surface area contributed by atoms with Gasteiger partial charge in [0, 0.05) is 19.1 Å². The predicted octanol–water partition coefficient (Wildman–Crippen LogP) is 2.54. The van der Waals surface area contributed by atoms with Crippen LogP contribution in [0.15, 0.2) is 18.2 Å². The van der Waals surface area contributed by atoms with Crippen molar-refractivity contribution < 1.29 is 17.9 Å². The fourth-order valence-electron chi connectivity index (χ4n) is 3.89. The first-order valence-electron chi connectivity index (χ1n) is 10.4. The highest BCUT2D eigenvalue weighted by molar-refractivity contribution is 7.92. The second-order valence-electron chi connectivity index (χ2n) is 7.74. The molecule has 0 saturated carbocycles. The Hall–Kier alpha value is -1.80. The number of nitrogens with zero attached hydrogens (tertiary/aromatic N) is 2. The van der Waals surface area contributed by atoms with Gasteiger partial charge in [-0.25, -0.2) is 8.42 Å². The van der Waals surface area contributed by atoms with Crippen LogP contribution in [-0.2, 0) is 14.8 Å². The van der Waals surface area contributed by atoms with Crippen molar-refractivity contribution in [3.05, 3.63) is 23.8 Å². The van der Waals surface area contributed by atoms with Gasteiger partial charge in [-0.1, -0.05) is 19.4 Å². The zero-order chi connectivity index (χ0) is 21.4. The lowest BCUT2D eigenvalue weighted by atomic mass is 10.00. The molecule has 0 radical (unpaired) electrons. The van der Waals surface area contributed by atoms with Gasteiger partial charge in [-0.05, 0) is 56.8 Å². The van der Waals surface area contributed by atoms with E-state index in [1.807, 2.05) is 13.0 Å². The van der Waals surface area contributed by atoms with Crippen molar-refractivity contribution in [2.45, 2.75) is 52.0 Å². The van der Waals surface area contributed by atoms with Crippen molar-refractivity contribution in [2.24, 2.45) is 0 Å². The largest absolute Gasteiger partial charge is 0.495 e. The van der Waals surface area contributed by atoms with E-state index in [1.165, 1.54) is 26.4 Å². The number of amides is 1. The Labute approximate surface area is 175 Å². The first kappa shape index (κ1) is 23.5. The number of hydrogen-bond donors (Lipinski definition) is 1. The van der Waals surface area contributed by atoms with Gasteiger partial charge in [-0.2, -0.15) is 0 Å². The number of methoxy groups -OCH3 is 1. The van der Waals surface area contributed by atoms with E-state index in [0.29, 0.717) is 24.0 Å². The summed E-state index contributed by atoms with van der Waals surface area (Å²) in [5.74, 6) is 0.106. The summed E-state index contributed by atoms with van der Waals surface area (Å²) >= 11 is 0. The molecule has 7 nitrogen and oxygen atoms in total. The van der Waals surface area contributed by atoms with Crippen LogP contribution >= 0.6 is 0 Å². The minimum Gasteiger partial charge on any atom is -0.495 e. The SMILES string of the molecule is CCC1CCCCN1CCCNC(=O)CN(c1cc(C)ccc1OC)S(C)(=O)=O. The van der Waals surface area contributed by atoms with Crippen molar-refractivity contribution in [3.63, 3.8) is 0 Å². The number of ether oxygens (including phenoxy) is 1. The van der Waals surface area contributed by atoms with Crippen LogP contribution in [-0.4, -0.2) is 64.8 Å². The molecule has 29 heavy (non-hydrogen) atoms. The number of likely N-dealkylation sites (tertiary alicyclic amines) is 1. The maximum atomic E-state index is 12.5. The van der Waals surface area contributed by atoms with E-state index in [9.17, 15) is 13.2 Å². The summed E-state index contributed by atoms with van der Waals surface area (Å²) < 4.78 is 31.1. The molecule has 1 aliphatic rings. The molecular formula is C21H35N3O4S. The van der Waals surface area contributed by atoms with Crippen LogP contribution in [0, 0.1) is 6.92 Å².